The van der Waals surface area contributed by atoms with Gasteiger partial charge in [0.05, 0.1) is 20.7 Å². The van der Waals surface area contributed by atoms with Gasteiger partial charge in [0, 0.05) is 23.9 Å². The van der Waals surface area contributed by atoms with Gasteiger partial charge in [-0.1, -0.05) is 24.4 Å². The maximum atomic E-state index is 14.4. The van der Waals surface area contributed by atoms with Gasteiger partial charge in [-0.25, -0.2) is 4.39 Å². The predicted molar refractivity (Wildman–Crippen MR) is 93.5 cm³/mol. The molecule has 1 aliphatic rings. The van der Waals surface area contributed by atoms with Crippen LogP contribution in [0.1, 0.15) is 31.4 Å². The van der Waals surface area contributed by atoms with Crippen LogP contribution in [0.15, 0.2) is 27.9 Å². The highest BCUT2D eigenvalue weighted by Gasteiger charge is 2.35. The normalized spacial score (nSPS) is 16.7. The highest BCUT2D eigenvalue weighted by molar-refractivity contribution is 7.85. The van der Waals surface area contributed by atoms with Gasteiger partial charge in [-0.05, 0) is 25.0 Å². The van der Waals surface area contributed by atoms with Crippen molar-refractivity contribution in [2.24, 2.45) is 7.05 Å². The van der Waals surface area contributed by atoms with Crippen LogP contribution in [0.2, 0.25) is 5.02 Å². The van der Waals surface area contributed by atoms with E-state index in [-0.39, 0.29) is 20.7 Å². The zero-order chi connectivity index (χ0) is 19.9. The first-order valence-electron chi connectivity index (χ1n) is 8.15. The molecule has 1 heterocycles. The van der Waals surface area contributed by atoms with Gasteiger partial charge in [0.25, 0.3) is 0 Å². The van der Waals surface area contributed by atoms with Crippen molar-refractivity contribution in [1.29, 1.82) is 0 Å². The summed E-state index contributed by atoms with van der Waals surface area (Å²) in [4.78, 5) is 12.3. The summed E-state index contributed by atoms with van der Waals surface area (Å²) in [6.45, 7) is 0. The highest BCUT2D eigenvalue weighted by atomic mass is 35.5. The summed E-state index contributed by atoms with van der Waals surface area (Å²) in [7, 11) is -0.497. The van der Waals surface area contributed by atoms with E-state index in [0.717, 1.165) is 44.9 Å². The molecule has 0 N–H and O–H groups in total. The second-order valence-corrected chi connectivity index (χ2v) is 8.44. The van der Waals surface area contributed by atoms with Crippen LogP contribution in [-0.2, 0) is 24.0 Å². The number of alkyl halides is 3. The average Bonchev–Trinajstić information content (AvgIpc) is 3.10. The molecule has 10 heteroatoms. The standard InChI is InChI=1S/C17H15ClF4N2O2S/c1-24-15(17(20,21)22)8-13(25)16(23-24)10-6-14(11(18)7-12(10)19)27(26)9-4-2-3-5-9/h6-9H,2-5H2,1H3. The van der Waals surface area contributed by atoms with Gasteiger partial charge in [-0.15, -0.1) is 0 Å². The number of halogens is 5. The monoisotopic (exact) mass is 422 g/mol. The number of benzene rings is 1. The molecule has 4 nitrogen and oxygen atoms in total. The van der Waals surface area contributed by atoms with Crippen LogP contribution in [0.3, 0.4) is 0 Å². The van der Waals surface area contributed by atoms with Crippen molar-refractivity contribution in [3.05, 3.63) is 45.0 Å². The summed E-state index contributed by atoms with van der Waals surface area (Å²) in [6.07, 6.45) is -1.41. The van der Waals surface area contributed by atoms with Gasteiger partial charge in [0.15, 0.2) is 0 Å². The number of nitrogens with zero attached hydrogens (tertiary/aromatic N) is 2. The van der Waals surface area contributed by atoms with E-state index in [4.69, 9.17) is 11.6 Å². The maximum Gasteiger partial charge on any atom is 0.433 e. The van der Waals surface area contributed by atoms with Gasteiger partial charge >= 0.3 is 6.18 Å². The molecule has 1 fully saturated rings. The largest absolute Gasteiger partial charge is 0.433 e. The molecule has 0 spiro atoms. The Hall–Kier alpha value is -1.74. The second-order valence-electron chi connectivity index (χ2n) is 6.33. The van der Waals surface area contributed by atoms with E-state index in [1.807, 2.05) is 0 Å². The van der Waals surface area contributed by atoms with Crippen molar-refractivity contribution in [2.45, 2.75) is 42.0 Å². The van der Waals surface area contributed by atoms with E-state index < -0.39 is 39.6 Å². The van der Waals surface area contributed by atoms with Crippen molar-refractivity contribution >= 4 is 22.4 Å². The van der Waals surface area contributed by atoms with E-state index in [2.05, 4.69) is 5.10 Å². The Kier molecular flexibility index (Phi) is 5.45. The first kappa shape index (κ1) is 20.0. The summed E-state index contributed by atoms with van der Waals surface area (Å²) in [5.74, 6) is -0.920. The van der Waals surface area contributed by atoms with E-state index in [0.29, 0.717) is 10.7 Å². The van der Waals surface area contributed by atoms with Gasteiger partial charge in [0.2, 0.25) is 5.43 Å². The zero-order valence-electron chi connectivity index (χ0n) is 14.1. The molecule has 3 rings (SSSR count). The summed E-state index contributed by atoms with van der Waals surface area (Å²) >= 11 is 6.03. The SMILES string of the molecule is Cn1nc(-c2cc(S(=O)C3CCCC3)c(Cl)cc2F)c(=O)cc1C(F)(F)F. The van der Waals surface area contributed by atoms with E-state index in [1.54, 1.807) is 0 Å². The molecule has 1 aromatic heterocycles. The average molecular weight is 423 g/mol. The fourth-order valence-corrected chi connectivity index (χ4v) is 5.12. The number of hydrogen-bond acceptors (Lipinski definition) is 3. The quantitative estimate of drug-likeness (QED) is 0.693. The first-order valence-corrected chi connectivity index (χ1v) is 9.74. The molecule has 0 amide bonds. The zero-order valence-corrected chi connectivity index (χ0v) is 15.7. The van der Waals surface area contributed by atoms with Gasteiger partial charge in [-0.3, -0.25) is 13.7 Å². The Morgan fingerprint density at radius 3 is 2.44 bits per heavy atom. The minimum Gasteiger partial charge on any atom is -0.287 e. The molecule has 0 saturated heterocycles. The topological polar surface area (TPSA) is 52.0 Å². The van der Waals surface area contributed by atoms with Crippen LogP contribution in [0.25, 0.3) is 11.3 Å². The van der Waals surface area contributed by atoms with Gasteiger partial charge < -0.3 is 0 Å². The van der Waals surface area contributed by atoms with Gasteiger partial charge in [0.1, 0.15) is 17.2 Å². The van der Waals surface area contributed by atoms with Crippen LogP contribution in [0, 0.1) is 5.82 Å². The lowest BCUT2D eigenvalue weighted by molar-refractivity contribution is -0.144. The van der Waals surface area contributed by atoms with E-state index >= 15 is 0 Å². The molecule has 1 atom stereocenters. The fourth-order valence-electron chi connectivity index (χ4n) is 3.14. The summed E-state index contributed by atoms with van der Waals surface area (Å²) < 4.78 is 66.4. The molecule has 0 radical (unpaired) electrons. The molecule has 1 unspecified atom stereocenters. The molecular formula is C17H15ClF4N2O2S. The minimum atomic E-state index is -4.77. The third-order valence-electron chi connectivity index (χ3n) is 4.49. The Morgan fingerprint density at radius 2 is 1.85 bits per heavy atom. The van der Waals surface area contributed by atoms with Crippen molar-refractivity contribution < 1.29 is 21.8 Å². The molecule has 27 heavy (non-hydrogen) atoms. The van der Waals surface area contributed by atoms with Crippen LogP contribution in [0.4, 0.5) is 17.6 Å². The lowest BCUT2D eigenvalue weighted by atomic mass is 10.1. The number of aromatic nitrogens is 2. The summed E-state index contributed by atoms with van der Waals surface area (Å²) in [6, 6.07) is 2.44. The smallest absolute Gasteiger partial charge is 0.287 e. The summed E-state index contributed by atoms with van der Waals surface area (Å²) in [5.41, 5.74) is -3.15. The maximum absolute atomic E-state index is 14.4. The Balaban J connectivity index is 2.12. The van der Waals surface area contributed by atoms with Crippen LogP contribution >= 0.6 is 11.6 Å². The Morgan fingerprint density at radius 1 is 1.22 bits per heavy atom. The van der Waals surface area contributed by atoms with E-state index in [1.165, 1.54) is 0 Å². The summed E-state index contributed by atoms with van der Waals surface area (Å²) in [5, 5.41) is 3.43. The molecule has 0 aliphatic heterocycles. The first-order chi connectivity index (χ1) is 12.6. The third-order valence-corrected chi connectivity index (χ3v) is 6.76. The van der Waals surface area contributed by atoms with Crippen molar-refractivity contribution in [3.8, 4) is 11.3 Å². The van der Waals surface area contributed by atoms with Gasteiger partial charge in [-0.2, -0.15) is 18.3 Å². The fraction of sp³-hybridized carbons (Fsp3) is 0.412. The molecule has 1 saturated carbocycles. The highest BCUT2D eigenvalue weighted by Crippen LogP contribution is 2.34. The number of hydrogen-bond donors (Lipinski definition) is 0. The molecule has 2 aromatic rings. The van der Waals surface area contributed by atoms with Crippen LogP contribution < -0.4 is 5.43 Å². The molecular weight excluding hydrogens is 408 g/mol. The van der Waals surface area contributed by atoms with E-state index in [9.17, 15) is 26.6 Å². The van der Waals surface area contributed by atoms with Crippen molar-refractivity contribution in [1.82, 2.24) is 9.78 Å². The molecule has 1 aromatic carbocycles. The predicted octanol–water partition coefficient (Wildman–Crippen LogP) is 4.31. The minimum absolute atomic E-state index is 0.0507. The third kappa shape index (κ3) is 3.94. The molecule has 1 aliphatic carbocycles. The lowest BCUT2D eigenvalue weighted by Crippen LogP contribution is -2.23. The lowest BCUT2D eigenvalue weighted by Gasteiger charge is -2.15. The van der Waals surface area contributed by atoms with Crippen molar-refractivity contribution in [3.63, 3.8) is 0 Å². The van der Waals surface area contributed by atoms with Crippen molar-refractivity contribution in [2.75, 3.05) is 0 Å². The second kappa shape index (κ2) is 7.35. The molecule has 146 valence electrons. The number of rotatable bonds is 3. The van der Waals surface area contributed by atoms with Crippen LogP contribution in [0.5, 0.6) is 0 Å². The van der Waals surface area contributed by atoms with Crippen LogP contribution in [-0.4, -0.2) is 19.2 Å². The number of aryl methyl sites for hydroxylation is 1. The molecule has 0 bridgehead atoms. The Bertz CT molecular complexity index is 969. The Labute approximate surface area is 159 Å².